The maximum Gasteiger partial charge on any atom is 0.109 e. The lowest BCUT2D eigenvalue weighted by atomic mass is 10.0. The van der Waals surface area contributed by atoms with Crippen LogP contribution >= 0.6 is 11.3 Å². The topological polar surface area (TPSA) is 28.2 Å². The predicted octanol–water partition coefficient (Wildman–Crippen LogP) is 2.28. The van der Waals surface area contributed by atoms with Gasteiger partial charge in [-0.05, 0) is 33.4 Å². The van der Waals surface area contributed by atoms with Gasteiger partial charge in [-0.3, -0.25) is 4.90 Å². The van der Waals surface area contributed by atoms with E-state index in [1.807, 2.05) is 6.20 Å². The van der Waals surface area contributed by atoms with E-state index in [-0.39, 0.29) is 0 Å². The van der Waals surface area contributed by atoms with Gasteiger partial charge in [0.05, 0.1) is 6.04 Å². The Morgan fingerprint density at radius 2 is 2.50 bits per heavy atom. The zero-order valence-electron chi connectivity index (χ0n) is 10.1. The van der Waals surface area contributed by atoms with Gasteiger partial charge in [0.25, 0.3) is 0 Å². The van der Waals surface area contributed by atoms with E-state index < -0.39 is 0 Å². The molecular weight excluding hydrogens is 218 g/mol. The molecule has 0 aliphatic carbocycles. The van der Waals surface area contributed by atoms with Gasteiger partial charge in [0.15, 0.2) is 0 Å². The number of hydrogen-bond donors (Lipinski definition) is 1. The molecule has 90 valence electrons. The molecule has 1 aliphatic rings. The van der Waals surface area contributed by atoms with Gasteiger partial charge in [-0.15, -0.1) is 11.3 Å². The summed E-state index contributed by atoms with van der Waals surface area (Å²) in [4.78, 5) is 6.79. The summed E-state index contributed by atoms with van der Waals surface area (Å²) >= 11 is 1.75. The highest BCUT2D eigenvalue weighted by molar-refractivity contribution is 7.09. The van der Waals surface area contributed by atoms with Crippen molar-refractivity contribution < 1.29 is 0 Å². The van der Waals surface area contributed by atoms with Crippen LogP contribution in [0.5, 0.6) is 0 Å². The van der Waals surface area contributed by atoms with Crippen LogP contribution in [0.3, 0.4) is 0 Å². The van der Waals surface area contributed by atoms with Crippen LogP contribution in [0, 0.1) is 0 Å². The highest BCUT2D eigenvalue weighted by Crippen LogP contribution is 2.21. The van der Waals surface area contributed by atoms with Crippen LogP contribution in [-0.4, -0.2) is 36.1 Å². The van der Waals surface area contributed by atoms with Crippen molar-refractivity contribution in [1.29, 1.82) is 0 Å². The summed E-state index contributed by atoms with van der Waals surface area (Å²) in [5.41, 5.74) is 0. The second-order valence-electron chi connectivity index (χ2n) is 4.63. The van der Waals surface area contributed by atoms with Crippen molar-refractivity contribution in [3.8, 4) is 0 Å². The van der Waals surface area contributed by atoms with E-state index >= 15 is 0 Å². The summed E-state index contributed by atoms with van der Waals surface area (Å²) in [6, 6.07) is 1.10. The van der Waals surface area contributed by atoms with Crippen molar-refractivity contribution in [3.05, 3.63) is 16.6 Å². The molecule has 0 aromatic carbocycles. The molecule has 2 rings (SSSR count). The molecule has 1 N–H and O–H groups in total. The Kier molecular flexibility index (Phi) is 4.32. The molecule has 2 atom stereocenters. The van der Waals surface area contributed by atoms with Gasteiger partial charge in [0.2, 0.25) is 0 Å². The zero-order chi connectivity index (χ0) is 11.4. The van der Waals surface area contributed by atoms with Gasteiger partial charge in [-0.25, -0.2) is 4.98 Å². The first-order chi connectivity index (χ1) is 7.77. The highest BCUT2D eigenvalue weighted by Gasteiger charge is 2.19. The lowest BCUT2D eigenvalue weighted by molar-refractivity contribution is 0.214. The highest BCUT2D eigenvalue weighted by atomic mass is 32.1. The quantitative estimate of drug-likeness (QED) is 0.873. The van der Waals surface area contributed by atoms with Crippen LogP contribution in [0.1, 0.15) is 37.2 Å². The minimum atomic E-state index is 0.434. The number of nitrogens with zero attached hydrogens (tertiary/aromatic N) is 2. The third-order valence-electron chi connectivity index (χ3n) is 3.39. The van der Waals surface area contributed by atoms with Gasteiger partial charge in [0.1, 0.15) is 5.01 Å². The molecule has 2 heterocycles. The number of thiazole rings is 1. The Labute approximate surface area is 102 Å². The fourth-order valence-electron chi connectivity index (χ4n) is 2.21. The smallest absolute Gasteiger partial charge is 0.109 e. The monoisotopic (exact) mass is 239 g/mol. The average Bonchev–Trinajstić information content (AvgIpc) is 2.83. The van der Waals surface area contributed by atoms with Crippen LogP contribution in [-0.2, 0) is 0 Å². The average molecular weight is 239 g/mol. The van der Waals surface area contributed by atoms with Crippen LogP contribution in [0.15, 0.2) is 11.6 Å². The number of nitrogens with one attached hydrogen (secondary N) is 1. The first-order valence-electron chi connectivity index (χ1n) is 6.10. The van der Waals surface area contributed by atoms with Crippen molar-refractivity contribution in [2.75, 3.05) is 20.1 Å². The third-order valence-corrected chi connectivity index (χ3v) is 4.34. The molecule has 3 nitrogen and oxygen atoms in total. The van der Waals surface area contributed by atoms with Gasteiger partial charge in [0, 0.05) is 24.2 Å². The van der Waals surface area contributed by atoms with Crippen molar-refractivity contribution in [2.24, 2.45) is 0 Å². The summed E-state index contributed by atoms with van der Waals surface area (Å²) in [7, 11) is 2.20. The van der Waals surface area contributed by atoms with Crippen molar-refractivity contribution >= 4 is 11.3 Å². The molecule has 1 aromatic heterocycles. The van der Waals surface area contributed by atoms with E-state index in [9.17, 15) is 0 Å². The number of likely N-dealkylation sites (N-methyl/N-ethyl adjacent to an activating group) is 1. The number of piperidine rings is 1. The Morgan fingerprint density at radius 1 is 1.62 bits per heavy atom. The summed E-state index contributed by atoms with van der Waals surface area (Å²) < 4.78 is 0. The minimum Gasteiger partial charge on any atom is -0.313 e. The van der Waals surface area contributed by atoms with E-state index in [0.717, 1.165) is 6.54 Å². The van der Waals surface area contributed by atoms with E-state index in [0.29, 0.717) is 12.1 Å². The van der Waals surface area contributed by atoms with E-state index in [1.165, 1.54) is 30.8 Å². The van der Waals surface area contributed by atoms with Crippen molar-refractivity contribution in [1.82, 2.24) is 15.2 Å². The van der Waals surface area contributed by atoms with Gasteiger partial charge < -0.3 is 5.32 Å². The van der Waals surface area contributed by atoms with E-state index in [4.69, 9.17) is 0 Å². The summed E-state index contributed by atoms with van der Waals surface area (Å²) in [5.74, 6) is 0. The van der Waals surface area contributed by atoms with Crippen LogP contribution in [0.4, 0.5) is 0 Å². The first kappa shape index (κ1) is 12.0. The number of aromatic nitrogens is 1. The van der Waals surface area contributed by atoms with E-state index in [1.54, 1.807) is 11.3 Å². The molecule has 0 radical (unpaired) electrons. The van der Waals surface area contributed by atoms with Crippen LogP contribution < -0.4 is 5.32 Å². The fourth-order valence-corrected chi connectivity index (χ4v) is 2.97. The molecule has 0 bridgehead atoms. The normalized spacial score (nSPS) is 23.6. The second-order valence-corrected chi connectivity index (χ2v) is 5.56. The lowest BCUT2D eigenvalue weighted by Gasteiger charge is -2.30. The summed E-state index contributed by atoms with van der Waals surface area (Å²) in [6.45, 7) is 4.55. The molecular formula is C12H21N3S. The summed E-state index contributed by atoms with van der Waals surface area (Å²) in [6.07, 6.45) is 5.91. The first-order valence-corrected chi connectivity index (χ1v) is 6.98. The molecule has 4 heteroatoms. The van der Waals surface area contributed by atoms with Gasteiger partial charge >= 0.3 is 0 Å². The zero-order valence-corrected chi connectivity index (χ0v) is 11.0. The molecule has 0 amide bonds. The maximum atomic E-state index is 4.39. The molecule has 0 unspecified atom stereocenters. The molecule has 1 fully saturated rings. The third kappa shape index (κ3) is 3.03. The van der Waals surface area contributed by atoms with Gasteiger partial charge in [-0.2, -0.15) is 0 Å². The SMILES string of the molecule is C[C@@H](c1nccs1)N(C)C[C@H]1CCCCN1. The molecule has 0 saturated carbocycles. The molecule has 0 spiro atoms. The number of hydrogen-bond acceptors (Lipinski definition) is 4. The molecule has 1 aliphatic heterocycles. The van der Waals surface area contributed by atoms with Crippen molar-refractivity contribution in [3.63, 3.8) is 0 Å². The molecule has 1 aromatic rings. The number of rotatable bonds is 4. The second kappa shape index (κ2) is 5.75. The molecule has 16 heavy (non-hydrogen) atoms. The molecule has 1 saturated heterocycles. The minimum absolute atomic E-state index is 0.434. The fraction of sp³-hybridized carbons (Fsp3) is 0.750. The van der Waals surface area contributed by atoms with Crippen LogP contribution in [0.25, 0.3) is 0 Å². The van der Waals surface area contributed by atoms with Gasteiger partial charge in [-0.1, -0.05) is 6.42 Å². The largest absolute Gasteiger partial charge is 0.313 e. The lowest BCUT2D eigenvalue weighted by Crippen LogP contribution is -2.43. The Hall–Kier alpha value is -0.450. The maximum absolute atomic E-state index is 4.39. The Balaban J connectivity index is 1.84. The van der Waals surface area contributed by atoms with Crippen molar-refractivity contribution in [2.45, 2.75) is 38.3 Å². The Bertz CT molecular complexity index is 293. The van der Waals surface area contributed by atoms with Crippen LogP contribution in [0.2, 0.25) is 0 Å². The standard InChI is InChI=1S/C12H21N3S/c1-10(12-14-7-8-16-12)15(2)9-11-5-3-4-6-13-11/h7-8,10-11,13H,3-6,9H2,1-2H3/t10-,11+/m0/s1. The predicted molar refractivity (Wildman–Crippen MR) is 68.8 cm³/mol. The van der Waals surface area contributed by atoms with E-state index in [2.05, 4.69) is 34.6 Å². The summed E-state index contributed by atoms with van der Waals surface area (Å²) in [5, 5.41) is 6.87. The Morgan fingerprint density at radius 3 is 3.12 bits per heavy atom.